The molecule has 1 atom stereocenters. The monoisotopic (exact) mass is 359 g/mol. The van der Waals surface area contributed by atoms with E-state index in [2.05, 4.69) is 10.3 Å². The van der Waals surface area contributed by atoms with Crippen LogP contribution in [0.4, 0.5) is 0 Å². The molecule has 0 unspecified atom stereocenters. The van der Waals surface area contributed by atoms with Crippen LogP contribution in [0.3, 0.4) is 0 Å². The topological polar surface area (TPSA) is 79.4 Å². The van der Waals surface area contributed by atoms with Crippen LogP contribution < -0.4 is 5.32 Å². The average molecular weight is 359 g/mol. The van der Waals surface area contributed by atoms with Gasteiger partial charge in [-0.25, -0.2) is 8.42 Å². The number of aromatic nitrogens is 1. The van der Waals surface area contributed by atoms with E-state index < -0.39 is 16.1 Å². The first-order chi connectivity index (χ1) is 12.0. The molecule has 0 aliphatic carbocycles. The maximum Gasteiger partial charge on any atom is 0.243 e. The van der Waals surface area contributed by atoms with Crippen LogP contribution in [0.15, 0.2) is 53.7 Å². The van der Waals surface area contributed by atoms with Gasteiger partial charge in [-0.3, -0.25) is 9.78 Å². The second-order valence-electron chi connectivity index (χ2n) is 6.16. The first kappa shape index (κ1) is 17.6. The Morgan fingerprint density at radius 3 is 2.56 bits per heavy atom. The Balaban J connectivity index is 1.73. The summed E-state index contributed by atoms with van der Waals surface area (Å²) in [4.78, 5) is 16.7. The predicted octanol–water partition coefficient (Wildman–Crippen LogP) is 1.86. The van der Waals surface area contributed by atoms with Crippen molar-refractivity contribution in [2.75, 3.05) is 6.54 Å². The largest absolute Gasteiger partial charge is 0.351 e. The lowest BCUT2D eigenvalue weighted by molar-refractivity contribution is -0.124. The maximum atomic E-state index is 12.9. The van der Waals surface area contributed by atoms with Crippen molar-refractivity contribution in [1.29, 1.82) is 0 Å². The molecule has 7 heteroatoms. The molecule has 1 fully saturated rings. The van der Waals surface area contributed by atoms with Crippen LogP contribution >= 0.6 is 0 Å². The molecule has 1 N–H and O–H groups in total. The van der Waals surface area contributed by atoms with Gasteiger partial charge in [-0.1, -0.05) is 17.7 Å². The van der Waals surface area contributed by atoms with E-state index in [1.165, 1.54) is 4.31 Å². The van der Waals surface area contributed by atoms with E-state index in [-0.39, 0.29) is 10.8 Å². The van der Waals surface area contributed by atoms with Gasteiger partial charge in [0, 0.05) is 25.5 Å². The summed E-state index contributed by atoms with van der Waals surface area (Å²) in [6, 6.07) is 9.69. The summed E-state index contributed by atoms with van der Waals surface area (Å²) < 4.78 is 27.1. The zero-order chi connectivity index (χ0) is 17.9. The van der Waals surface area contributed by atoms with E-state index in [0.29, 0.717) is 25.9 Å². The van der Waals surface area contributed by atoms with E-state index >= 15 is 0 Å². The molecule has 1 aromatic heterocycles. The Bertz CT molecular complexity index is 836. The molecule has 0 saturated carbocycles. The van der Waals surface area contributed by atoms with E-state index in [4.69, 9.17) is 0 Å². The minimum Gasteiger partial charge on any atom is -0.351 e. The number of carbonyl (C=O) groups excluding carboxylic acids is 1. The van der Waals surface area contributed by atoms with Crippen molar-refractivity contribution in [3.05, 3.63) is 59.9 Å². The molecule has 1 aliphatic rings. The van der Waals surface area contributed by atoms with Crippen molar-refractivity contribution in [3.8, 4) is 0 Å². The second kappa shape index (κ2) is 7.33. The van der Waals surface area contributed by atoms with Crippen molar-refractivity contribution in [2.45, 2.75) is 37.2 Å². The highest BCUT2D eigenvalue weighted by Crippen LogP contribution is 2.26. The number of rotatable bonds is 5. The van der Waals surface area contributed by atoms with Gasteiger partial charge in [0.2, 0.25) is 15.9 Å². The number of carbonyl (C=O) groups is 1. The van der Waals surface area contributed by atoms with Gasteiger partial charge >= 0.3 is 0 Å². The summed E-state index contributed by atoms with van der Waals surface area (Å²) in [6.07, 6.45) is 4.53. The van der Waals surface area contributed by atoms with Gasteiger partial charge in [0.25, 0.3) is 0 Å². The van der Waals surface area contributed by atoms with Gasteiger partial charge in [-0.05, 0) is 49.6 Å². The summed E-state index contributed by atoms with van der Waals surface area (Å²) in [6.45, 7) is 2.63. The van der Waals surface area contributed by atoms with Gasteiger partial charge in [0.1, 0.15) is 6.04 Å². The van der Waals surface area contributed by atoms with E-state index in [1.54, 1.807) is 36.7 Å². The fraction of sp³-hybridized carbons (Fsp3) is 0.333. The van der Waals surface area contributed by atoms with Gasteiger partial charge in [-0.2, -0.15) is 4.31 Å². The Morgan fingerprint density at radius 2 is 1.88 bits per heavy atom. The number of nitrogens with one attached hydrogen (secondary N) is 1. The molecular formula is C18H21N3O3S. The summed E-state index contributed by atoms with van der Waals surface area (Å²) in [7, 11) is -3.67. The van der Waals surface area contributed by atoms with Crippen LogP contribution in [-0.2, 0) is 21.4 Å². The SMILES string of the molecule is Cc1ccc(S(=O)(=O)N2CCC[C@H]2C(=O)NCc2ccncc2)cc1. The highest BCUT2D eigenvalue weighted by Gasteiger charge is 2.39. The van der Waals surface area contributed by atoms with Gasteiger partial charge < -0.3 is 5.32 Å². The standard InChI is InChI=1S/C18H21N3O3S/c1-14-4-6-16(7-5-14)25(23,24)21-12-2-3-17(21)18(22)20-13-15-8-10-19-11-9-15/h4-11,17H,2-3,12-13H2,1H3,(H,20,22)/t17-/m0/s1. The van der Waals surface area contributed by atoms with E-state index in [1.807, 2.05) is 19.1 Å². The minimum atomic E-state index is -3.67. The zero-order valence-corrected chi connectivity index (χ0v) is 14.9. The van der Waals surface area contributed by atoms with E-state index in [0.717, 1.165) is 11.1 Å². The summed E-state index contributed by atoms with van der Waals surface area (Å²) in [5.41, 5.74) is 1.92. The second-order valence-corrected chi connectivity index (χ2v) is 8.05. The summed E-state index contributed by atoms with van der Waals surface area (Å²) >= 11 is 0. The Hall–Kier alpha value is -2.25. The summed E-state index contributed by atoms with van der Waals surface area (Å²) in [5.74, 6) is -0.259. The van der Waals surface area contributed by atoms with Gasteiger partial charge in [0.15, 0.2) is 0 Å². The number of hydrogen-bond donors (Lipinski definition) is 1. The predicted molar refractivity (Wildman–Crippen MR) is 94.2 cm³/mol. The fourth-order valence-corrected chi connectivity index (χ4v) is 4.60. The molecule has 25 heavy (non-hydrogen) atoms. The first-order valence-corrected chi connectivity index (χ1v) is 9.67. The van der Waals surface area contributed by atoms with Gasteiger partial charge in [0.05, 0.1) is 4.90 Å². The van der Waals surface area contributed by atoms with Crippen molar-refractivity contribution in [1.82, 2.24) is 14.6 Å². The molecule has 1 saturated heterocycles. The maximum absolute atomic E-state index is 12.9. The van der Waals surface area contributed by atoms with Crippen LogP contribution in [0, 0.1) is 6.92 Å². The number of hydrogen-bond acceptors (Lipinski definition) is 4. The normalized spacial score (nSPS) is 18.2. The molecule has 0 spiro atoms. The number of sulfonamides is 1. The van der Waals surface area contributed by atoms with Crippen LogP contribution in [0.1, 0.15) is 24.0 Å². The molecule has 1 aromatic carbocycles. The molecule has 1 aliphatic heterocycles. The van der Waals surface area contributed by atoms with Crippen molar-refractivity contribution in [2.24, 2.45) is 0 Å². The number of amides is 1. The zero-order valence-electron chi connectivity index (χ0n) is 14.1. The number of pyridine rings is 1. The quantitative estimate of drug-likeness (QED) is 0.884. The summed E-state index contributed by atoms with van der Waals surface area (Å²) in [5, 5.41) is 2.83. The molecule has 0 radical (unpaired) electrons. The fourth-order valence-electron chi connectivity index (χ4n) is 2.94. The van der Waals surface area contributed by atoms with Crippen LogP contribution in [0.25, 0.3) is 0 Å². The molecular weight excluding hydrogens is 338 g/mol. The molecule has 6 nitrogen and oxygen atoms in total. The number of benzene rings is 1. The molecule has 2 heterocycles. The Kier molecular flexibility index (Phi) is 5.15. The smallest absolute Gasteiger partial charge is 0.243 e. The van der Waals surface area contributed by atoms with Gasteiger partial charge in [-0.15, -0.1) is 0 Å². The molecule has 3 rings (SSSR count). The van der Waals surface area contributed by atoms with Crippen molar-refractivity contribution >= 4 is 15.9 Å². The van der Waals surface area contributed by atoms with Crippen LogP contribution in [0.2, 0.25) is 0 Å². The number of nitrogens with zero attached hydrogens (tertiary/aromatic N) is 2. The van der Waals surface area contributed by atoms with Crippen LogP contribution in [-0.4, -0.2) is 36.2 Å². The van der Waals surface area contributed by atoms with Crippen molar-refractivity contribution in [3.63, 3.8) is 0 Å². The third-order valence-electron chi connectivity index (χ3n) is 4.35. The number of aryl methyl sites for hydroxylation is 1. The third-order valence-corrected chi connectivity index (χ3v) is 6.27. The van der Waals surface area contributed by atoms with Crippen molar-refractivity contribution < 1.29 is 13.2 Å². The molecule has 132 valence electrons. The highest BCUT2D eigenvalue weighted by atomic mass is 32.2. The van der Waals surface area contributed by atoms with E-state index in [9.17, 15) is 13.2 Å². The minimum absolute atomic E-state index is 0.229. The molecule has 2 aromatic rings. The molecule has 0 bridgehead atoms. The third kappa shape index (κ3) is 3.88. The highest BCUT2D eigenvalue weighted by molar-refractivity contribution is 7.89. The Morgan fingerprint density at radius 1 is 1.20 bits per heavy atom. The lowest BCUT2D eigenvalue weighted by Crippen LogP contribution is -2.45. The first-order valence-electron chi connectivity index (χ1n) is 8.23. The molecule has 1 amide bonds. The lowest BCUT2D eigenvalue weighted by atomic mass is 10.2. The Labute approximate surface area is 147 Å². The average Bonchev–Trinajstić information content (AvgIpc) is 3.12. The van der Waals surface area contributed by atoms with Crippen LogP contribution in [0.5, 0.6) is 0 Å². The lowest BCUT2D eigenvalue weighted by Gasteiger charge is -2.23.